The molecule has 11 heteroatoms. The van der Waals surface area contributed by atoms with E-state index in [-0.39, 0.29) is 21.9 Å². The molecule has 0 spiro atoms. The number of anilines is 1. The van der Waals surface area contributed by atoms with E-state index in [1.54, 1.807) is 12.1 Å². The van der Waals surface area contributed by atoms with Crippen molar-refractivity contribution in [1.82, 2.24) is 9.47 Å². The van der Waals surface area contributed by atoms with E-state index in [1.165, 1.54) is 54.3 Å². The molecule has 40 heavy (non-hydrogen) atoms. The van der Waals surface area contributed by atoms with E-state index in [0.717, 1.165) is 54.7 Å². The number of pyridine rings is 1. The van der Waals surface area contributed by atoms with Gasteiger partial charge in [0.2, 0.25) is 0 Å². The number of rotatable bonds is 10. The number of thiophene rings is 1. The van der Waals surface area contributed by atoms with E-state index in [2.05, 4.69) is 10.2 Å². The van der Waals surface area contributed by atoms with Crippen molar-refractivity contribution in [1.29, 1.82) is 0 Å². The molecule has 7 nitrogen and oxygen atoms in total. The number of ketones is 1. The summed E-state index contributed by atoms with van der Waals surface area (Å²) in [5.41, 5.74) is 0.930. The maximum Gasteiger partial charge on any atom is 0.263 e. The van der Waals surface area contributed by atoms with E-state index >= 15 is 4.39 Å². The molecule has 0 aliphatic carbocycles. The second kappa shape index (κ2) is 12.2. The second-order valence-corrected chi connectivity index (χ2v) is 13.9. The number of carbonyl (C=O) groups excluding carboxylic acids is 1. The Morgan fingerprint density at radius 2 is 1.82 bits per heavy atom. The minimum absolute atomic E-state index is 0.0170. The van der Waals surface area contributed by atoms with Crippen LogP contribution in [0.25, 0.3) is 16.5 Å². The zero-order chi connectivity index (χ0) is 28.3. The third-order valence-electron chi connectivity index (χ3n) is 6.99. The van der Waals surface area contributed by atoms with Gasteiger partial charge < -0.3 is 10.2 Å². The number of benzene rings is 2. The van der Waals surface area contributed by atoms with Crippen LogP contribution in [0.15, 0.2) is 69.8 Å². The molecule has 0 unspecified atom stereocenters. The Hall–Kier alpha value is -3.05. The number of hydrogen-bond donors (Lipinski definition) is 1. The molecule has 0 amide bonds. The third-order valence-corrected chi connectivity index (χ3v) is 10.5. The lowest BCUT2D eigenvalue weighted by Gasteiger charge is -2.26. The van der Waals surface area contributed by atoms with Crippen LogP contribution in [0.3, 0.4) is 0 Å². The van der Waals surface area contributed by atoms with E-state index in [4.69, 9.17) is 11.6 Å². The summed E-state index contributed by atoms with van der Waals surface area (Å²) in [5.74, 6) is -1.96. The first kappa shape index (κ1) is 28.5. The van der Waals surface area contributed by atoms with Crippen molar-refractivity contribution in [3.63, 3.8) is 0 Å². The van der Waals surface area contributed by atoms with Crippen LogP contribution in [0.4, 0.5) is 10.1 Å². The molecule has 0 saturated carbocycles. The van der Waals surface area contributed by atoms with Crippen molar-refractivity contribution >= 4 is 55.0 Å². The van der Waals surface area contributed by atoms with E-state index in [1.807, 2.05) is 12.1 Å². The molecule has 4 aromatic rings. The van der Waals surface area contributed by atoms with Gasteiger partial charge in [0.05, 0.1) is 10.0 Å². The molecule has 1 saturated heterocycles. The van der Waals surface area contributed by atoms with Gasteiger partial charge in [0, 0.05) is 36.8 Å². The average Bonchev–Trinajstić information content (AvgIpc) is 3.37. The highest BCUT2D eigenvalue weighted by atomic mass is 35.5. The van der Waals surface area contributed by atoms with Crippen LogP contribution in [0.5, 0.6) is 0 Å². The molecule has 1 aliphatic rings. The van der Waals surface area contributed by atoms with Gasteiger partial charge in [0.1, 0.15) is 15.8 Å². The van der Waals surface area contributed by atoms with Crippen LogP contribution < -0.4 is 10.9 Å². The highest BCUT2D eigenvalue weighted by molar-refractivity contribution is 7.94. The number of likely N-dealkylation sites (tertiary alicyclic amines) is 1. The Labute approximate surface area is 241 Å². The van der Waals surface area contributed by atoms with Crippen molar-refractivity contribution in [3.05, 3.63) is 86.9 Å². The Balaban J connectivity index is 1.27. The van der Waals surface area contributed by atoms with Crippen molar-refractivity contribution in [2.45, 2.75) is 29.9 Å². The molecule has 0 atom stereocenters. The number of fused-ring (bicyclic) bond motifs is 1. The lowest BCUT2D eigenvalue weighted by Crippen LogP contribution is -2.33. The van der Waals surface area contributed by atoms with Gasteiger partial charge in [0.25, 0.3) is 5.56 Å². The van der Waals surface area contributed by atoms with Crippen LogP contribution in [0.2, 0.25) is 4.34 Å². The van der Waals surface area contributed by atoms with Crippen LogP contribution in [-0.4, -0.2) is 55.6 Å². The zero-order valence-corrected chi connectivity index (χ0v) is 24.1. The summed E-state index contributed by atoms with van der Waals surface area (Å²) in [6, 6.07) is 14.2. The summed E-state index contributed by atoms with van der Waals surface area (Å²) in [6.07, 6.45) is 5.08. The van der Waals surface area contributed by atoms with Gasteiger partial charge in [0.15, 0.2) is 15.6 Å². The van der Waals surface area contributed by atoms with Crippen molar-refractivity contribution in [2.75, 3.05) is 37.2 Å². The van der Waals surface area contributed by atoms with Crippen LogP contribution >= 0.6 is 22.9 Å². The summed E-state index contributed by atoms with van der Waals surface area (Å²) in [5, 5.41) is 4.63. The standard InChI is InChI=1S/C29H29ClFN3O4S2/c30-27-8-9-28(39-27)40(37,38)19-23(35)16-20-4-7-26(25(31)17-20)34-14-10-21-18-22(5-6-24(21)29(34)36)32-11-15-33-12-2-1-3-13-33/h4-10,14,17-18,32H,1-3,11-13,15-16,19H2. The van der Waals surface area contributed by atoms with Crippen LogP contribution in [-0.2, 0) is 21.1 Å². The van der Waals surface area contributed by atoms with Gasteiger partial charge in [-0.3, -0.25) is 14.2 Å². The van der Waals surface area contributed by atoms with Crippen molar-refractivity contribution < 1.29 is 17.6 Å². The maximum absolute atomic E-state index is 15.1. The minimum atomic E-state index is -3.82. The van der Waals surface area contributed by atoms with Gasteiger partial charge in [-0.05, 0) is 85.4 Å². The lowest BCUT2D eigenvalue weighted by molar-refractivity contribution is -0.116. The van der Waals surface area contributed by atoms with E-state index in [0.29, 0.717) is 15.3 Å². The molecule has 210 valence electrons. The first-order chi connectivity index (χ1) is 19.2. The van der Waals surface area contributed by atoms with E-state index in [9.17, 15) is 18.0 Å². The second-order valence-electron chi connectivity index (χ2n) is 9.94. The Morgan fingerprint density at radius 1 is 1.02 bits per heavy atom. The molecule has 3 heterocycles. The van der Waals surface area contributed by atoms with Crippen molar-refractivity contribution in [3.8, 4) is 5.69 Å². The van der Waals surface area contributed by atoms with Gasteiger partial charge in [-0.2, -0.15) is 0 Å². The van der Waals surface area contributed by atoms with Gasteiger partial charge in [-0.15, -0.1) is 11.3 Å². The Kier molecular flexibility index (Phi) is 8.70. The van der Waals surface area contributed by atoms with Crippen molar-refractivity contribution in [2.24, 2.45) is 0 Å². The number of halogens is 2. The number of carbonyl (C=O) groups is 1. The Bertz CT molecular complexity index is 1710. The Morgan fingerprint density at radius 3 is 2.55 bits per heavy atom. The molecule has 0 bridgehead atoms. The fraction of sp³-hybridized carbons (Fsp3) is 0.310. The monoisotopic (exact) mass is 601 g/mol. The highest BCUT2D eigenvalue weighted by Crippen LogP contribution is 2.27. The number of hydrogen-bond acceptors (Lipinski definition) is 7. The number of piperidine rings is 1. The van der Waals surface area contributed by atoms with Gasteiger partial charge >= 0.3 is 0 Å². The lowest BCUT2D eigenvalue weighted by atomic mass is 10.1. The fourth-order valence-electron chi connectivity index (χ4n) is 4.97. The fourth-order valence-corrected chi connectivity index (χ4v) is 7.78. The average molecular weight is 602 g/mol. The normalized spacial score (nSPS) is 14.4. The van der Waals surface area contributed by atoms with Gasteiger partial charge in [-0.1, -0.05) is 24.1 Å². The van der Waals surface area contributed by atoms with E-state index < -0.39 is 27.2 Å². The number of nitrogens with one attached hydrogen (secondary N) is 1. The SMILES string of the molecule is O=C(Cc1ccc(-n2ccc3cc(NCCN4CCCCC4)ccc3c2=O)c(F)c1)CS(=O)(=O)c1ccc(Cl)s1. The predicted octanol–water partition coefficient (Wildman–Crippen LogP) is 5.33. The molecule has 1 aliphatic heterocycles. The molecule has 1 N–H and O–H groups in total. The summed E-state index contributed by atoms with van der Waals surface area (Å²) in [6.45, 7) is 4.07. The molecule has 2 aromatic heterocycles. The van der Waals surface area contributed by atoms with Crippen LogP contribution in [0, 0.1) is 5.82 Å². The highest BCUT2D eigenvalue weighted by Gasteiger charge is 2.22. The third kappa shape index (κ3) is 6.63. The number of Topliss-reactive ketones (excluding diaryl/α,β-unsaturated/α-hetero) is 1. The number of aromatic nitrogens is 1. The summed E-state index contributed by atoms with van der Waals surface area (Å²) in [7, 11) is -3.82. The number of nitrogens with zero attached hydrogens (tertiary/aromatic N) is 2. The summed E-state index contributed by atoms with van der Waals surface area (Å²) < 4.78 is 41.6. The number of sulfone groups is 1. The zero-order valence-electron chi connectivity index (χ0n) is 21.7. The quantitative estimate of drug-likeness (QED) is 0.264. The minimum Gasteiger partial charge on any atom is -0.384 e. The van der Waals surface area contributed by atoms with Crippen LogP contribution in [0.1, 0.15) is 24.8 Å². The first-order valence-electron chi connectivity index (χ1n) is 13.1. The molecular formula is C29H29ClFN3O4S2. The molecule has 0 radical (unpaired) electrons. The molecular weight excluding hydrogens is 573 g/mol. The predicted molar refractivity (Wildman–Crippen MR) is 158 cm³/mol. The maximum atomic E-state index is 15.1. The first-order valence-corrected chi connectivity index (χ1v) is 15.9. The smallest absolute Gasteiger partial charge is 0.263 e. The summed E-state index contributed by atoms with van der Waals surface area (Å²) in [4.78, 5) is 28.1. The molecule has 1 fully saturated rings. The largest absolute Gasteiger partial charge is 0.384 e. The topological polar surface area (TPSA) is 88.5 Å². The molecule has 2 aromatic carbocycles. The summed E-state index contributed by atoms with van der Waals surface area (Å²) >= 11 is 6.69. The molecule has 5 rings (SSSR count). The van der Waals surface area contributed by atoms with Gasteiger partial charge in [-0.25, -0.2) is 12.8 Å².